The smallest absolute Gasteiger partial charge is 0.329 e. The van der Waals surface area contributed by atoms with Crippen molar-refractivity contribution in [2.45, 2.75) is 6.42 Å². The Bertz CT molecular complexity index is 570. The van der Waals surface area contributed by atoms with Gasteiger partial charge in [-0.3, -0.25) is 4.79 Å². The van der Waals surface area contributed by atoms with Gasteiger partial charge in [0.1, 0.15) is 6.61 Å². The fraction of sp³-hybridized carbons (Fsp3) is 0.375. The quantitative estimate of drug-likeness (QED) is 0.497. The second-order valence-electron chi connectivity index (χ2n) is 4.57. The first kappa shape index (κ1) is 18.5. The highest BCUT2D eigenvalue weighted by atomic mass is 16.5. The van der Waals surface area contributed by atoms with E-state index in [2.05, 4.69) is 11.9 Å². The average molecular weight is 323 g/mol. The van der Waals surface area contributed by atoms with Gasteiger partial charge in [-0.15, -0.1) is 6.58 Å². The second-order valence-corrected chi connectivity index (χ2v) is 4.57. The maximum atomic E-state index is 12.2. The van der Waals surface area contributed by atoms with Gasteiger partial charge in [-0.05, 0) is 18.6 Å². The molecule has 1 rings (SSSR count). The first-order valence-electron chi connectivity index (χ1n) is 6.97. The molecule has 0 fully saturated rings. The van der Waals surface area contributed by atoms with Crippen LogP contribution < -0.4 is 14.8 Å². The van der Waals surface area contributed by atoms with Crippen LogP contribution in [0.1, 0.15) is 15.9 Å². The van der Waals surface area contributed by atoms with Gasteiger partial charge < -0.3 is 24.6 Å². The van der Waals surface area contributed by atoms with E-state index in [0.717, 1.165) is 5.56 Å². The average Bonchev–Trinajstić information content (AvgIpc) is 2.53. The number of carboxylic acid groups (broad SMARTS) is 1. The topological polar surface area (TPSA) is 94.1 Å². The van der Waals surface area contributed by atoms with Crippen molar-refractivity contribution in [2.24, 2.45) is 0 Å². The maximum absolute atomic E-state index is 12.2. The van der Waals surface area contributed by atoms with Crippen LogP contribution in [0.5, 0.6) is 11.5 Å². The van der Waals surface area contributed by atoms with E-state index in [1.165, 1.54) is 14.2 Å². The molecule has 1 aromatic carbocycles. The summed E-state index contributed by atoms with van der Waals surface area (Å²) in [7, 11) is 3.03. The van der Waals surface area contributed by atoms with E-state index in [1.807, 2.05) is 0 Å². The number of hydrogen-bond acceptors (Lipinski definition) is 5. The van der Waals surface area contributed by atoms with Crippen molar-refractivity contribution in [2.75, 3.05) is 34.0 Å². The first-order chi connectivity index (χ1) is 11.0. The number of methoxy groups -OCH3 is 2. The molecule has 1 aromatic rings. The van der Waals surface area contributed by atoms with E-state index in [4.69, 9.17) is 19.3 Å². The number of hydrogen-bond donors (Lipinski definition) is 2. The molecule has 7 nitrogen and oxygen atoms in total. The molecule has 0 aliphatic heterocycles. The minimum atomic E-state index is -1.05. The summed E-state index contributed by atoms with van der Waals surface area (Å²) in [5.74, 6) is -0.339. The predicted octanol–water partition coefficient (Wildman–Crippen LogP) is 1.26. The molecule has 0 heterocycles. The molecule has 2 N–H and O–H groups in total. The minimum Gasteiger partial charge on any atom is -0.493 e. The molecule has 23 heavy (non-hydrogen) atoms. The van der Waals surface area contributed by atoms with Gasteiger partial charge in [0.2, 0.25) is 0 Å². The van der Waals surface area contributed by atoms with E-state index in [0.29, 0.717) is 23.5 Å². The van der Waals surface area contributed by atoms with Crippen LogP contribution in [0.3, 0.4) is 0 Å². The molecule has 0 aromatic heterocycles. The molecule has 0 atom stereocenters. The third-order valence-corrected chi connectivity index (χ3v) is 2.94. The van der Waals surface area contributed by atoms with Gasteiger partial charge in [0.15, 0.2) is 11.5 Å². The molecule has 0 aliphatic carbocycles. The van der Waals surface area contributed by atoms with E-state index in [-0.39, 0.29) is 19.1 Å². The van der Waals surface area contributed by atoms with Crippen LogP contribution in [0.25, 0.3) is 0 Å². The fourth-order valence-corrected chi connectivity index (χ4v) is 1.98. The van der Waals surface area contributed by atoms with Gasteiger partial charge in [0.25, 0.3) is 5.91 Å². The highest BCUT2D eigenvalue weighted by Crippen LogP contribution is 2.33. The maximum Gasteiger partial charge on any atom is 0.329 e. The van der Waals surface area contributed by atoms with E-state index < -0.39 is 12.6 Å². The summed E-state index contributed by atoms with van der Waals surface area (Å²) in [6, 6.07) is 3.29. The number of carboxylic acids is 1. The SMILES string of the molecule is C=CCc1cc(C(=O)NCCOCC(=O)O)cc(OC)c1OC. The summed E-state index contributed by atoms with van der Waals surface area (Å²) in [6.45, 7) is 3.61. The Labute approximate surface area is 134 Å². The molecule has 0 bridgehead atoms. The summed E-state index contributed by atoms with van der Waals surface area (Å²) < 4.78 is 15.4. The van der Waals surface area contributed by atoms with Crippen molar-refractivity contribution in [3.05, 3.63) is 35.9 Å². The number of carbonyl (C=O) groups is 2. The highest BCUT2D eigenvalue weighted by Gasteiger charge is 2.15. The Morgan fingerprint density at radius 1 is 1.30 bits per heavy atom. The van der Waals surface area contributed by atoms with Crippen LogP contribution in [0.4, 0.5) is 0 Å². The van der Waals surface area contributed by atoms with Gasteiger partial charge in [0, 0.05) is 17.7 Å². The largest absolute Gasteiger partial charge is 0.493 e. The van der Waals surface area contributed by atoms with Crippen molar-refractivity contribution < 1.29 is 28.9 Å². The molecular weight excluding hydrogens is 302 g/mol. The molecule has 7 heteroatoms. The lowest BCUT2D eigenvalue weighted by atomic mass is 10.0. The number of rotatable bonds is 10. The Morgan fingerprint density at radius 2 is 2.04 bits per heavy atom. The van der Waals surface area contributed by atoms with E-state index >= 15 is 0 Å². The number of aliphatic carboxylic acids is 1. The first-order valence-corrected chi connectivity index (χ1v) is 6.97. The van der Waals surface area contributed by atoms with E-state index in [1.54, 1.807) is 18.2 Å². The number of nitrogens with one attached hydrogen (secondary N) is 1. The summed E-state index contributed by atoms with van der Waals surface area (Å²) >= 11 is 0. The van der Waals surface area contributed by atoms with Gasteiger partial charge in [0.05, 0.1) is 20.8 Å². The van der Waals surface area contributed by atoms with Crippen molar-refractivity contribution in [1.82, 2.24) is 5.32 Å². The zero-order chi connectivity index (χ0) is 17.2. The standard InChI is InChI=1S/C16H21NO6/c1-4-5-11-8-12(9-13(21-2)15(11)22-3)16(20)17-6-7-23-10-14(18)19/h4,8-9H,1,5-7,10H2,2-3H3,(H,17,20)(H,18,19). The van der Waals surface area contributed by atoms with Crippen LogP contribution in [-0.2, 0) is 16.0 Å². The number of allylic oxidation sites excluding steroid dienone is 1. The van der Waals surface area contributed by atoms with Crippen molar-refractivity contribution in [3.63, 3.8) is 0 Å². The van der Waals surface area contributed by atoms with Crippen LogP contribution in [0.15, 0.2) is 24.8 Å². The van der Waals surface area contributed by atoms with Gasteiger partial charge in [-0.25, -0.2) is 4.79 Å². The Kier molecular flexibility index (Phi) is 7.62. The summed E-state index contributed by atoms with van der Waals surface area (Å²) in [5.41, 5.74) is 1.20. The van der Waals surface area contributed by atoms with Gasteiger partial charge >= 0.3 is 5.97 Å². The second kappa shape index (κ2) is 9.47. The highest BCUT2D eigenvalue weighted by molar-refractivity contribution is 5.95. The van der Waals surface area contributed by atoms with Crippen molar-refractivity contribution >= 4 is 11.9 Å². The Morgan fingerprint density at radius 3 is 2.61 bits per heavy atom. The third-order valence-electron chi connectivity index (χ3n) is 2.94. The monoisotopic (exact) mass is 323 g/mol. The Hall–Kier alpha value is -2.54. The minimum absolute atomic E-state index is 0.116. The molecule has 0 unspecified atom stereocenters. The number of carbonyl (C=O) groups excluding carboxylic acids is 1. The zero-order valence-corrected chi connectivity index (χ0v) is 13.3. The summed E-state index contributed by atoms with van der Waals surface area (Å²) in [5, 5.41) is 11.1. The van der Waals surface area contributed by atoms with Crippen LogP contribution in [0, 0.1) is 0 Å². The molecule has 0 saturated carbocycles. The molecule has 0 spiro atoms. The number of ether oxygens (including phenoxy) is 3. The van der Waals surface area contributed by atoms with Gasteiger partial charge in [-0.1, -0.05) is 6.08 Å². The molecule has 126 valence electrons. The lowest BCUT2D eigenvalue weighted by Gasteiger charge is -2.14. The fourth-order valence-electron chi connectivity index (χ4n) is 1.98. The third kappa shape index (κ3) is 5.63. The van der Waals surface area contributed by atoms with Crippen LogP contribution >= 0.6 is 0 Å². The van der Waals surface area contributed by atoms with Crippen molar-refractivity contribution in [1.29, 1.82) is 0 Å². The van der Waals surface area contributed by atoms with Crippen LogP contribution in [-0.4, -0.2) is 51.0 Å². The molecule has 1 amide bonds. The lowest BCUT2D eigenvalue weighted by molar-refractivity contribution is -0.142. The van der Waals surface area contributed by atoms with Gasteiger partial charge in [-0.2, -0.15) is 0 Å². The summed E-state index contributed by atoms with van der Waals surface area (Å²) in [4.78, 5) is 22.5. The lowest BCUT2D eigenvalue weighted by Crippen LogP contribution is -2.28. The molecule has 0 aliphatic rings. The van der Waals surface area contributed by atoms with E-state index in [9.17, 15) is 9.59 Å². The molecule has 0 saturated heterocycles. The number of amides is 1. The van der Waals surface area contributed by atoms with Crippen LogP contribution in [0.2, 0.25) is 0 Å². The van der Waals surface area contributed by atoms with Crippen molar-refractivity contribution in [3.8, 4) is 11.5 Å². The Balaban J connectivity index is 2.77. The zero-order valence-electron chi connectivity index (χ0n) is 13.3. The summed E-state index contributed by atoms with van der Waals surface area (Å²) in [6.07, 6.45) is 2.24. The molecule has 0 radical (unpaired) electrons. The predicted molar refractivity (Wildman–Crippen MR) is 84.2 cm³/mol. The molecular formula is C16H21NO6. The normalized spacial score (nSPS) is 10.0. The number of benzene rings is 1.